The lowest BCUT2D eigenvalue weighted by Crippen LogP contribution is -2.43. The van der Waals surface area contributed by atoms with Crippen LogP contribution in [0.1, 0.15) is 12.5 Å². The van der Waals surface area contributed by atoms with Gasteiger partial charge in [-0.15, -0.1) is 0 Å². The zero-order valence-corrected chi connectivity index (χ0v) is 13.2. The fourth-order valence-electron chi connectivity index (χ4n) is 3.38. The molecule has 4 rings (SSSR count). The molecule has 0 bridgehead atoms. The summed E-state index contributed by atoms with van der Waals surface area (Å²) < 4.78 is 0. The number of aromatic hydroxyl groups is 1. The first-order valence-electron chi connectivity index (χ1n) is 7.72. The molecular formula is C18H13N3O4. The number of pyridine rings is 1. The van der Waals surface area contributed by atoms with Gasteiger partial charge in [-0.25, -0.2) is 0 Å². The quantitative estimate of drug-likeness (QED) is 0.503. The van der Waals surface area contributed by atoms with Crippen LogP contribution in [0, 0.1) is 5.41 Å². The lowest BCUT2D eigenvalue weighted by Gasteiger charge is -2.18. The Labute approximate surface area is 140 Å². The Bertz CT molecular complexity index is 1240. The van der Waals surface area contributed by atoms with Crippen molar-refractivity contribution >= 4 is 44.5 Å². The van der Waals surface area contributed by atoms with Gasteiger partial charge in [-0.3, -0.25) is 24.8 Å². The van der Waals surface area contributed by atoms with Crippen LogP contribution in [0.3, 0.4) is 0 Å². The van der Waals surface area contributed by atoms with Crippen LogP contribution in [0.5, 0.6) is 5.88 Å². The van der Waals surface area contributed by atoms with Crippen LogP contribution in [0.25, 0.3) is 27.2 Å². The number of hydrogen-bond acceptors (Lipinski definition) is 6. The molecule has 0 aliphatic heterocycles. The van der Waals surface area contributed by atoms with Crippen molar-refractivity contribution in [3.8, 4) is 5.88 Å². The number of rotatable bonds is 2. The van der Waals surface area contributed by atoms with E-state index in [1.807, 2.05) is 0 Å². The van der Waals surface area contributed by atoms with Gasteiger partial charge < -0.3 is 10.4 Å². The van der Waals surface area contributed by atoms with E-state index in [-0.39, 0.29) is 27.7 Å². The Kier molecular flexibility index (Phi) is 3.02. The molecule has 1 aliphatic carbocycles. The molecule has 0 unspecified atom stereocenters. The molecule has 7 nitrogen and oxygen atoms in total. The van der Waals surface area contributed by atoms with Crippen LogP contribution in [0.4, 0.5) is 0 Å². The molecule has 2 aromatic carbocycles. The average Bonchev–Trinajstić information content (AvgIpc) is 2.60. The molecule has 0 spiro atoms. The Hall–Kier alpha value is -3.48. The minimum Gasteiger partial charge on any atom is -0.494 e. The SMILES string of the molecule is CCNC1=c2c(cc3cccc4c(O)[nH]c(=O)c2c34)C(=N)C(=O)C1=O. The summed E-state index contributed by atoms with van der Waals surface area (Å²) in [5.74, 6) is -2.00. The summed E-state index contributed by atoms with van der Waals surface area (Å²) in [5, 5.41) is 22.9. The van der Waals surface area contributed by atoms with Gasteiger partial charge in [0, 0.05) is 28.1 Å². The van der Waals surface area contributed by atoms with Gasteiger partial charge in [0.25, 0.3) is 17.1 Å². The van der Waals surface area contributed by atoms with Gasteiger partial charge in [0.1, 0.15) is 5.71 Å². The lowest BCUT2D eigenvalue weighted by molar-refractivity contribution is -0.129. The number of benzene rings is 2. The first-order chi connectivity index (χ1) is 12.0. The molecule has 4 N–H and O–H groups in total. The number of likely N-dealkylation sites (N-methyl/N-ethyl adjacent to an activating group) is 1. The van der Waals surface area contributed by atoms with Crippen molar-refractivity contribution in [3.05, 3.63) is 45.4 Å². The third kappa shape index (κ3) is 1.86. The predicted molar refractivity (Wildman–Crippen MR) is 92.9 cm³/mol. The minimum absolute atomic E-state index is 0.0155. The van der Waals surface area contributed by atoms with Gasteiger partial charge in [0.2, 0.25) is 0 Å². The highest BCUT2D eigenvalue weighted by Gasteiger charge is 2.33. The molecule has 25 heavy (non-hydrogen) atoms. The fraction of sp³-hybridized carbons (Fsp3) is 0.111. The Morgan fingerprint density at radius 2 is 1.92 bits per heavy atom. The molecule has 1 heterocycles. The Morgan fingerprint density at radius 3 is 2.64 bits per heavy atom. The van der Waals surface area contributed by atoms with E-state index in [0.717, 1.165) is 0 Å². The van der Waals surface area contributed by atoms with Gasteiger partial charge in [0.15, 0.2) is 5.88 Å². The normalized spacial score (nSPS) is 14.4. The smallest absolute Gasteiger partial charge is 0.259 e. The van der Waals surface area contributed by atoms with E-state index >= 15 is 0 Å². The van der Waals surface area contributed by atoms with Crippen molar-refractivity contribution in [3.63, 3.8) is 0 Å². The Balaban J connectivity index is 2.41. The van der Waals surface area contributed by atoms with Crippen LogP contribution in [-0.2, 0) is 9.59 Å². The molecular weight excluding hydrogens is 322 g/mol. The maximum absolute atomic E-state index is 12.6. The third-order valence-corrected chi connectivity index (χ3v) is 4.41. The van der Waals surface area contributed by atoms with E-state index in [4.69, 9.17) is 5.41 Å². The van der Waals surface area contributed by atoms with Crippen molar-refractivity contribution in [2.75, 3.05) is 6.54 Å². The van der Waals surface area contributed by atoms with Crippen LogP contribution >= 0.6 is 0 Å². The first-order valence-corrected chi connectivity index (χ1v) is 7.72. The van der Waals surface area contributed by atoms with Crippen LogP contribution in [0.15, 0.2) is 29.1 Å². The summed E-state index contributed by atoms with van der Waals surface area (Å²) in [6, 6.07) is 6.69. The molecule has 0 amide bonds. The van der Waals surface area contributed by atoms with Gasteiger partial charge in [-0.1, -0.05) is 12.1 Å². The van der Waals surface area contributed by atoms with Crippen molar-refractivity contribution in [2.45, 2.75) is 6.92 Å². The number of carbonyl (C=O) groups is 2. The van der Waals surface area contributed by atoms with E-state index in [0.29, 0.717) is 22.7 Å². The third-order valence-electron chi connectivity index (χ3n) is 4.41. The number of aromatic nitrogens is 1. The summed E-state index contributed by atoms with van der Waals surface area (Å²) in [5.41, 5.74) is -0.765. The van der Waals surface area contributed by atoms with Gasteiger partial charge in [-0.05, 0) is 24.4 Å². The van der Waals surface area contributed by atoms with Crippen molar-refractivity contribution < 1.29 is 14.7 Å². The molecule has 0 saturated carbocycles. The first kappa shape index (κ1) is 15.1. The molecule has 7 heteroatoms. The molecule has 3 aromatic rings. The van der Waals surface area contributed by atoms with Crippen molar-refractivity contribution in [1.82, 2.24) is 10.3 Å². The lowest BCUT2D eigenvalue weighted by atomic mass is 9.87. The highest BCUT2D eigenvalue weighted by Crippen LogP contribution is 2.29. The summed E-state index contributed by atoms with van der Waals surface area (Å²) in [7, 11) is 0. The van der Waals surface area contributed by atoms with E-state index < -0.39 is 22.8 Å². The Morgan fingerprint density at radius 1 is 1.16 bits per heavy atom. The number of ketones is 2. The number of Topliss-reactive ketones (excluding diaryl/α,β-unsaturated/α-hetero) is 2. The molecule has 0 fully saturated rings. The summed E-state index contributed by atoms with van der Waals surface area (Å²) in [6.07, 6.45) is 0. The molecule has 0 radical (unpaired) electrons. The topological polar surface area (TPSA) is 123 Å². The molecule has 124 valence electrons. The number of hydrogen-bond donors (Lipinski definition) is 4. The van der Waals surface area contributed by atoms with E-state index in [1.54, 1.807) is 31.2 Å². The molecule has 0 atom stereocenters. The van der Waals surface area contributed by atoms with E-state index in [1.165, 1.54) is 0 Å². The van der Waals surface area contributed by atoms with Gasteiger partial charge in [-0.2, -0.15) is 0 Å². The standard InChI is InChI=1S/C18H13N3O4/c1-2-20-14-11-9(13(19)15(22)16(14)23)6-7-4-3-5-8-10(7)12(11)18(25)21-17(8)24/h3-6,19-20H,2H2,1H3,(H2,21,24,25). The van der Waals surface area contributed by atoms with Gasteiger partial charge >= 0.3 is 0 Å². The fourth-order valence-corrected chi connectivity index (χ4v) is 3.38. The number of aromatic amines is 1. The monoisotopic (exact) mass is 335 g/mol. The largest absolute Gasteiger partial charge is 0.494 e. The summed E-state index contributed by atoms with van der Waals surface area (Å²) in [6.45, 7) is 2.14. The number of nitrogens with one attached hydrogen (secondary N) is 3. The maximum atomic E-state index is 12.6. The highest BCUT2D eigenvalue weighted by molar-refractivity contribution is 6.75. The molecule has 1 aliphatic rings. The second-order valence-electron chi connectivity index (χ2n) is 5.82. The number of carbonyl (C=O) groups excluding carboxylic acids is 2. The number of fused-ring (bicyclic) bond motifs is 2. The molecule has 1 aromatic heterocycles. The van der Waals surface area contributed by atoms with Crippen LogP contribution in [0.2, 0.25) is 0 Å². The second kappa shape index (κ2) is 5.01. The highest BCUT2D eigenvalue weighted by atomic mass is 16.3. The van der Waals surface area contributed by atoms with Crippen molar-refractivity contribution in [2.24, 2.45) is 0 Å². The zero-order valence-electron chi connectivity index (χ0n) is 13.2. The second-order valence-corrected chi connectivity index (χ2v) is 5.82. The minimum atomic E-state index is -0.906. The van der Waals surface area contributed by atoms with Crippen LogP contribution in [-0.4, -0.2) is 33.9 Å². The molecule has 0 saturated heterocycles. The number of H-pyrrole nitrogens is 1. The maximum Gasteiger partial charge on any atom is 0.259 e. The predicted octanol–water partition coefficient (Wildman–Crippen LogP) is 0.343. The van der Waals surface area contributed by atoms with Gasteiger partial charge in [0.05, 0.1) is 11.1 Å². The van der Waals surface area contributed by atoms with E-state index in [9.17, 15) is 19.5 Å². The average molecular weight is 335 g/mol. The van der Waals surface area contributed by atoms with Crippen molar-refractivity contribution in [1.29, 1.82) is 5.41 Å². The van der Waals surface area contributed by atoms with Crippen LogP contribution < -0.4 is 16.1 Å². The zero-order chi connectivity index (χ0) is 17.9. The summed E-state index contributed by atoms with van der Waals surface area (Å²) in [4.78, 5) is 39.5. The summed E-state index contributed by atoms with van der Waals surface area (Å²) >= 11 is 0. The van der Waals surface area contributed by atoms with E-state index in [2.05, 4.69) is 10.3 Å².